The van der Waals surface area contributed by atoms with E-state index in [2.05, 4.69) is 9.88 Å². The second-order valence-corrected chi connectivity index (χ2v) is 6.37. The summed E-state index contributed by atoms with van der Waals surface area (Å²) in [5, 5.41) is 3.86. The lowest BCUT2D eigenvalue weighted by molar-refractivity contribution is 0.100. The molecule has 1 aromatic carbocycles. The maximum Gasteiger partial charge on any atom is 0.267 e. The molecule has 0 bridgehead atoms. The van der Waals surface area contributed by atoms with Crippen LogP contribution in [0.25, 0.3) is 0 Å². The number of carbonyl (C=O) groups excluding carboxylic acids is 1. The molecule has 0 unspecified atom stereocenters. The monoisotopic (exact) mass is 329 g/mol. The third-order valence-corrected chi connectivity index (χ3v) is 4.57. The molecule has 2 rings (SSSR count). The number of anilines is 1. The molecule has 0 saturated heterocycles. The van der Waals surface area contributed by atoms with Gasteiger partial charge in [0.05, 0.1) is 11.3 Å². The molecule has 3 N–H and O–H groups in total. The fraction of sp³-hybridized carbons (Fsp3) is 0.167. The summed E-state index contributed by atoms with van der Waals surface area (Å²) in [5.74, 6) is -0.649. The van der Waals surface area contributed by atoms with Gasteiger partial charge in [-0.15, -0.1) is 0 Å². The lowest BCUT2D eigenvalue weighted by Gasteiger charge is -2.11. The third kappa shape index (κ3) is 3.01. The number of hydrogen-bond donors (Lipinski definition) is 2. The van der Waals surface area contributed by atoms with Crippen LogP contribution in [0.15, 0.2) is 27.6 Å². The highest BCUT2D eigenvalue weighted by molar-refractivity contribution is 7.92. The SMILES string of the molecule is Cc1noc(C)c1S(=O)(=O)Nc1ccc(Cl)cc1C(N)=O. The number of rotatable bonds is 4. The molecule has 0 spiro atoms. The highest BCUT2D eigenvalue weighted by Crippen LogP contribution is 2.26. The van der Waals surface area contributed by atoms with Crippen LogP contribution in [0.5, 0.6) is 0 Å². The first-order valence-electron chi connectivity index (χ1n) is 5.77. The normalized spacial score (nSPS) is 11.4. The minimum atomic E-state index is -3.96. The van der Waals surface area contributed by atoms with Gasteiger partial charge in [-0.05, 0) is 32.0 Å². The Morgan fingerprint density at radius 1 is 1.38 bits per heavy atom. The number of hydrogen-bond acceptors (Lipinski definition) is 5. The highest BCUT2D eigenvalue weighted by Gasteiger charge is 2.25. The van der Waals surface area contributed by atoms with Crippen molar-refractivity contribution >= 4 is 33.2 Å². The summed E-state index contributed by atoms with van der Waals surface area (Å²) < 4.78 is 31.9. The molecule has 0 radical (unpaired) electrons. The zero-order valence-corrected chi connectivity index (χ0v) is 12.7. The predicted molar refractivity (Wildman–Crippen MR) is 76.8 cm³/mol. The molecule has 0 aliphatic heterocycles. The summed E-state index contributed by atoms with van der Waals surface area (Å²) in [4.78, 5) is 11.3. The number of carbonyl (C=O) groups is 1. The molecule has 0 aliphatic carbocycles. The molecule has 0 aliphatic rings. The number of sulfonamides is 1. The van der Waals surface area contributed by atoms with E-state index in [9.17, 15) is 13.2 Å². The number of benzene rings is 1. The van der Waals surface area contributed by atoms with Crippen LogP contribution in [0.3, 0.4) is 0 Å². The van der Waals surface area contributed by atoms with Crippen LogP contribution in [0, 0.1) is 13.8 Å². The minimum Gasteiger partial charge on any atom is -0.366 e. The molecule has 21 heavy (non-hydrogen) atoms. The summed E-state index contributed by atoms with van der Waals surface area (Å²) in [6.07, 6.45) is 0. The number of amides is 1. The molecule has 0 atom stereocenters. The van der Waals surface area contributed by atoms with Crippen molar-refractivity contribution in [3.8, 4) is 0 Å². The van der Waals surface area contributed by atoms with E-state index in [1.165, 1.54) is 32.0 Å². The zero-order chi connectivity index (χ0) is 15.8. The van der Waals surface area contributed by atoms with E-state index in [1.807, 2.05) is 0 Å². The van der Waals surface area contributed by atoms with Crippen molar-refractivity contribution in [1.29, 1.82) is 0 Å². The fourth-order valence-electron chi connectivity index (χ4n) is 1.86. The van der Waals surface area contributed by atoms with Gasteiger partial charge in [-0.1, -0.05) is 16.8 Å². The molecular weight excluding hydrogens is 318 g/mol. The Morgan fingerprint density at radius 2 is 2.05 bits per heavy atom. The van der Waals surface area contributed by atoms with E-state index in [-0.39, 0.29) is 32.6 Å². The summed E-state index contributed by atoms with van der Waals surface area (Å²) in [5.41, 5.74) is 5.44. The van der Waals surface area contributed by atoms with E-state index in [4.69, 9.17) is 21.9 Å². The van der Waals surface area contributed by atoms with Crippen LogP contribution in [0.1, 0.15) is 21.8 Å². The van der Waals surface area contributed by atoms with E-state index in [1.54, 1.807) is 0 Å². The van der Waals surface area contributed by atoms with Gasteiger partial charge in [0.25, 0.3) is 15.9 Å². The van der Waals surface area contributed by atoms with Gasteiger partial charge in [-0.25, -0.2) is 8.42 Å². The molecule has 1 heterocycles. The van der Waals surface area contributed by atoms with Crippen molar-refractivity contribution in [1.82, 2.24) is 5.16 Å². The van der Waals surface area contributed by atoms with Crippen molar-refractivity contribution in [3.63, 3.8) is 0 Å². The molecule has 1 amide bonds. The number of nitrogens with two attached hydrogens (primary N) is 1. The average Bonchev–Trinajstić information content (AvgIpc) is 2.71. The van der Waals surface area contributed by atoms with Gasteiger partial charge in [0.2, 0.25) is 0 Å². The second kappa shape index (κ2) is 5.38. The van der Waals surface area contributed by atoms with Gasteiger partial charge in [0.15, 0.2) is 10.7 Å². The van der Waals surface area contributed by atoms with E-state index in [0.29, 0.717) is 0 Å². The van der Waals surface area contributed by atoms with Crippen LogP contribution < -0.4 is 10.5 Å². The Labute approximate surface area is 126 Å². The summed E-state index contributed by atoms with van der Waals surface area (Å²) in [6.45, 7) is 2.98. The molecule has 0 saturated carbocycles. The first-order valence-corrected chi connectivity index (χ1v) is 7.63. The molecule has 1 aromatic heterocycles. The molecule has 2 aromatic rings. The van der Waals surface area contributed by atoms with Crippen molar-refractivity contribution in [2.75, 3.05) is 4.72 Å². The van der Waals surface area contributed by atoms with Crippen molar-refractivity contribution in [2.24, 2.45) is 5.73 Å². The standard InChI is InChI=1S/C12H12ClN3O4S/c1-6-11(7(2)20-15-6)21(18,19)16-10-4-3-8(13)5-9(10)12(14)17/h3-5,16H,1-2H3,(H2,14,17). The Balaban J connectivity index is 2.50. The number of halogens is 1. The van der Waals surface area contributed by atoms with Gasteiger partial charge < -0.3 is 10.3 Å². The van der Waals surface area contributed by atoms with Crippen molar-refractivity contribution in [3.05, 3.63) is 40.2 Å². The first-order chi connectivity index (χ1) is 9.72. The maximum absolute atomic E-state index is 12.4. The van der Waals surface area contributed by atoms with Gasteiger partial charge >= 0.3 is 0 Å². The first kappa shape index (κ1) is 15.3. The number of aryl methyl sites for hydroxylation is 2. The Bertz CT molecular complexity index is 794. The lowest BCUT2D eigenvalue weighted by atomic mass is 10.2. The average molecular weight is 330 g/mol. The molecule has 112 valence electrons. The molecule has 0 fully saturated rings. The summed E-state index contributed by atoms with van der Waals surface area (Å²) >= 11 is 5.77. The highest BCUT2D eigenvalue weighted by atomic mass is 35.5. The van der Waals surface area contributed by atoms with Gasteiger partial charge in [-0.2, -0.15) is 0 Å². The smallest absolute Gasteiger partial charge is 0.267 e. The van der Waals surface area contributed by atoms with Crippen molar-refractivity contribution in [2.45, 2.75) is 18.7 Å². The Kier molecular flexibility index (Phi) is 3.93. The van der Waals surface area contributed by atoms with Crippen LogP contribution in [0.2, 0.25) is 5.02 Å². The summed E-state index contributed by atoms with van der Waals surface area (Å²) in [6, 6.07) is 4.09. The number of aromatic nitrogens is 1. The molecular formula is C12H12ClN3O4S. The van der Waals surface area contributed by atoms with Gasteiger partial charge in [0.1, 0.15) is 5.69 Å². The number of nitrogens with zero attached hydrogens (tertiary/aromatic N) is 1. The molecule has 9 heteroatoms. The molecule has 7 nitrogen and oxygen atoms in total. The van der Waals surface area contributed by atoms with E-state index >= 15 is 0 Å². The Morgan fingerprint density at radius 3 is 2.57 bits per heavy atom. The fourth-order valence-corrected chi connectivity index (χ4v) is 3.45. The van der Waals surface area contributed by atoms with Crippen molar-refractivity contribution < 1.29 is 17.7 Å². The quantitative estimate of drug-likeness (QED) is 0.888. The van der Waals surface area contributed by atoms with Gasteiger partial charge in [-0.3, -0.25) is 9.52 Å². The minimum absolute atomic E-state index is 0.0298. The Hall–Kier alpha value is -2.06. The van der Waals surface area contributed by atoms with Crippen LogP contribution in [-0.4, -0.2) is 19.5 Å². The second-order valence-electron chi connectivity index (χ2n) is 4.31. The summed E-state index contributed by atoms with van der Waals surface area (Å²) in [7, 11) is -3.96. The van der Waals surface area contributed by atoms with Crippen LogP contribution in [-0.2, 0) is 10.0 Å². The van der Waals surface area contributed by atoms with E-state index in [0.717, 1.165) is 0 Å². The zero-order valence-electron chi connectivity index (χ0n) is 11.2. The van der Waals surface area contributed by atoms with Crippen LogP contribution >= 0.6 is 11.6 Å². The predicted octanol–water partition coefficient (Wildman–Crippen LogP) is 1.84. The number of nitrogens with one attached hydrogen (secondary N) is 1. The maximum atomic E-state index is 12.4. The lowest BCUT2D eigenvalue weighted by Crippen LogP contribution is -2.19. The number of primary amides is 1. The topological polar surface area (TPSA) is 115 Å². The third-order valence-electron chi connectivity index (χ3n) is 2.73. The largest absolute Gasteiger partial charge is 0.366 e. The van der Waals surface area contributed by atoms with Gasteiger partial charge in [0, 0.05) is 5.02 Å². The van der Waals surface area contributed by atoms with E-state index < -0.39 is 15.9 Å². The van der Waals surface area contributed by atoms with Crippen LogP contribution in [0.4, 0.5) is 5.69 Å².